The van der Waals surface area contributed by atoms with Crippen molar-refractivity contribution < 1.29 is 9.59 Å². The first-order valence-corrected chi connectivity index (χ1v) is 16.4. The molecule has 0 rings (SSSR count). The van der Waals surface area contributed by atoms with Gasteiger partial charge in [-0.1, -0.05) is 143 Å². The van der Waals surface area contributed by atoms with E-state index >= 15 is 0 Å². The van der Waals surface area contributed by atoms with Gasteiger partial charge in [0, 0.05) is 12.1 Å². The molecule has 4 heteroatoms. The molecule has 0 aliphatic rings. The monoisotopic (exact) mass is 523 g/mol. The van der Waals surface area contributed by atoms with E-state index in [-0.39, 0.29) is 18.0 Å². The van der Waals surface area contributed by atoms with Gasteiger partial charge in [-0.15, -0.1) is 0 Å². The van der Waals surface area contributed by atoms with E-state index in [9.17, 15) is 9.59 Å². The number of nitrogens with two attached hydrogens (primary N) is 1. The summed E-state index contributed by atoms with van der Waals surface area (Å²) in [5.74, 6) is -0.527. The number of hydrogen-bond acceptors (Lipinski definition) is 2. The van der Waals surface area contributed by atoms with Crippen LogP contribution >= 0.6 is 0 Å². The van der Waals surface area contributed by atoms with Crippen molar-refractivity contribution in [3.05, 3.63) is 0 Å². The Morgan fingerprint density at radius 3 is 1.14 bits per heavy atom. The highest BCUT2D eigenvalue weighted by molar-refractivity contribution is 6.03. The molecular weight excluding hydrogens is 456 g/mol. The molecule has 4 nitrogen and oxygen atoms in total. The summed E-state index contributed by atoms with van der Waals surface area (Å²) in [4.78, 5) is 28.8. The summed E-state index contributed by atoms with van der Waals surface area (Å²) in [6, 6.07) is 0.436. The second-order valence-corrected chi connectivity index (χ2v) is 12.1. The Morgan fingerprint density at radius 1 is 0.541 bits per heavy atom. The summed E-state index contributed by atoms with van der Waals surface area (Å²) >= 11 is 0. The predicted octanol–water partition coefficient (Wildman–Crippen LogP) is 9.73. The van der Waals surface area contributed by atoms with Crippen LogP contribution in [0.25, 0.3) is 0 Å². The third-order valence-corrected chi connectivity index (χ3v) is 8.24. The van der Waals surface area contributed by atoms with Gasteiger partial charge in [-0.25, -0.2) is 0 Å². The molecule has 0 saturated carbocycles. The van der Waals surface area contributed by atoms with Crippen molar-refractivity contribution in [3.63, 3.8) is 0 Å². The van der Waals surface area contributed by atoms with Crippen molar-refractivity contribution in [2.45, 2.75) is 195 Å². The number of amides is 2. The van der Waals surface area contributed by atoms with Crippen LogP contribution in [0.15, 0.2) is 0 Å². The van der Waals surface area contributed by atoms with Crippen LogP contribution in [-0.2, 0) is 9.59 Å². The number of carbonyl (C=O) groups excluding carboxylic acids is 2. The fourth-order valence-corrected chi connectivity index (χ4v) is 5.48. The van der Waals surface area contributed by atoms with Crippen molar-refractivity contribution in [2.75, 3.05) is 0 Å². The largest absolute Gasteiger partial charge is 0.369 e. The summed E-state index contributed by atoms with van der Waals surface area (Å²) < 4.78 is 0. The Kier molecular flexibility index (Phi) is 22.2. The van der Waals surface area contributed by atoms with E-state index in [1.165, 1.54) is 103 Å². The summed E-state index contributed by atoms with van der Waals surface area (Å²) in [5.41, 5.74) is 4.64. The molecule has 2 amide bonds. The zero-order valence-electron chi connectivity index (χ0n) is 26.1. The quantitative estimate of drug-likeness (QED) is 0.0907. The average molecular weight is 523 g/mol. The van der Waals surface area contributed by atoms with Gasteiger partial charge < -0.3 is 10.6 Å². The zero-order chi connectivity index (χ0) is 27.9. The van der Waals surface area contributed by atoms with Crippen LogP contribution in [-0.4, -0.2) is 28.8 Å². The molecule has 0 heterocycles. The third kappa shape index (κ3) is 15.8. The summed E-state index contributed by atoms with van der Waals surface area (Å²) in [7, 11) is 0. The number of primary amides is 1. The van der Waals surface area contributed by atoms with Crippen LogP contribution in [0.1, 0.15) is 183 Å². The summed E-state index contributed by atoms with van der Waals surface area (Å²) in [6.07, 6.45) is 26.4. The van der Waals surface area contributed by atoms with Crippen LogP contribution in [0.5, 0.6) is 0 Å². The fraction of sp³-hybridized carbons (Fsp3) is 0.939. The van der Waals surface area contributed by atoms with E-state index in [1.54, 1.807) is 13.8 Å². The summed E-state index contributed by atoms with van der Waals surface area (Å²) in [5, 5.41) is 0. The maximum absolute atomic E-state index is 14.1. The van der Waals surface area contributed by atoms with E-state index in [4.69, 9.17) is 5.73 Å². The molecule has 0 aromatic rings. The van der Waals surface area contributed by atoms with Gasteiger partial charge in [0.1, 0.15) is 5.41 Å². The molecule has 0 aromatic heterocycles. The van der Waals surface area contributed by atoms with Crippen LogP contribution in [0.2, 0.25) is 0 Å². The molecule has 0 aliphatic carbocycles. The SMILES string of the molecule is CCCCCCCCC(CCCCC)N(C(=O)C(C)(C)C(N)=O)C(CCCCC)CCCCCCCC. The smallest absolute Gasteiger partial charge is 0.238 e. The van der Waals surface area contributed by atoms with Gasteiger partial charge in [-0.05, 0) is 39.5 Å². The molecule has 37 heavy (non-hydrogen) atoms. The Bertz CT molecular complexity index is 531. The topological polar surface area (TPSA) is 63.4 Å². The standard InChI is InChI=1S/C33H66N2O2/c1-7-11-15-17-19-23-27-29(25-21-13-9-3)35(32(37)33(5,6)31(34)36)30(26-22-14-10-4)28-24-20-18-16-12-8-2/h29-30H,7-28H2,1-6H3,(H2,34,36). The Labute approximate surface area is 232 Å². The Balaban J connectivity index is 5.84. The average Bonchev–Trinajstić information content (AvgIpc) is 2.87. The van der Waals surface area contributed by atoms with Crippen LogP contribution < -0.4 is 5.73 Å². The number of rotatable bonds is 26. The maximum Gasteiger partial charge on any atom is 0.238 e. The van der Waals surface area contributed by atoms with E-state index in [0.29, 0.717) is 0 Å². The van der Waals surface area contributed by atoms with Gasteiger partial charge in [0.2, 0.25) is 11.8 Å². The zero-order valence-corrected chi connectivity index (χ0v) is 26.1. The highest BCUT2D eigenvalue weighted by Gasteiger charge is 2.42. The Hall–Kier alpha value is -1.06. The highest BCUT2D eigenvalue weighted by atomic mass is 16.2. The normalized spacial score (nSPS) is 13.5. The molecule has 0 bridgehead atoms. The molecule has 0 aliphatic heterocycles. The van der Waals surface area contributed by atoms with Crippen LogP contribution in [0, 0.1) is 5.41 Å². The molecular formula is C33H66N2O2. The first-order valence-electron chi connectivity index (χ1n) is 16.4. The van der Waals surface area contributed by atoms with Crippen LogP contribution in [0.3, 0.4) is 0 Å². The first-order chi connectivity index (χ1) is 17.8. The summed E-state index contributed by atoms with van der Waals surface area (Å²) in [6.45, 7) is 12.5. The van der Waals surface area contributed by atoms with Crippen molar-refractivity contribution in [2.24, 2.45) is 11.1 Å². The molecule has 220 valence electrons. The number of nitrogens with zero attached hydrogens (tertiary/aromatic N) is 1. The molecule has 0 spiro atoms. The van der Waals surface area contributed by atoms with Crippen molar-refractivity contribution in [1.29, 1.82) is 0 Å². The molecule has 0 aromatic carbocycles. The minimum Gasteiger partial charge on any atom is -0.369 e. The van der Waals surface area contributed by atoms with Crippen molar-refractivity contribution >= 4 is 11.8 Å². The van der Waals surface area contributed by atoms with Gasteiger partial charge >= 0.3 is 0 Å². The van der Waals surface area contributed by atoms with Gasteiger partial charge in [-0.3, -0.25) is 9.59 Å². The molecule has 2 atom stereocenters. The minimum atomic E-state index is -1.16. The van der Waals surface area contributed by atoms with E-state index in [1.807, 2.05) is 0 Å². The van der Waals surface area contributed by atoms with E-state index in [0.717, 1.165) is 38.5 Å². The number of hydrogen-bond donors (Lipinski definition) is 1. The van der Waals surface area contributed by atoms with Crippen LogP contribution in [0.4, 0.5) is 0 Å². The maximum atomic E-state index is 14.1. The van der Waals surface area contributed by atoms with Crippen molar-refractivity contribution in [1.82, 2.24) is 4.90 Å². The molecule has 2 unspecified atom stereocenters. The van der Waals surface area contributed by atoms with E-state index in [2.05, 4.69) is 32.6 Å². The van der Waals surface area contributed by atoms with Crippen molar-refractivity contribution in [3.8, 4) is 0 Å². The second-order valence-electron chi connectivity index (χ2n) is 12.1. The highest BCUT2D eigenvalue weighted by Crippen LogP contribution is 2.31. The number of unbranched alkanes of at least 4 members (excludes halogenated alkanes) is 14. The lowest BCUT2D eigenvalue weighted by atomic mass is 9.86. The lowest BCUT2D eigenvalue weighted by Gasteiger charge is -2.42. The van der Waals surface area contributed by atoms with Gasteiger partial charge in [-0.2, -0.15) is 0 Å². The minimum absolute atomic E-state index is 0.0278. The lowest BCUT2D eigenvalue weighted by molar-refractivity contribution is -0.152. The fourth-order valence-electron chi connectivity index (χ4n) is 5.48. The molecule has 0 fully saturated rings. The Morgan fingerprint density at radius 2 is 0.811 bits per heavy atom. The molecule has 0 saturated heterocycles. The van der Waals surface area contributed by atoms with Gasteiger partial charge in [0.05, 0.1) is 0 Å². The number of carbonyl (C=O) groups is 2. The second kappa shape index (κ2) is 22.9. The van der Waals surface area contributed by atoms with E-state index < -0.39 is 11.3 Å². The molecule has 2 N–H and O–H groups in total. The first kappa shape index (κ1) is 35.9. The lowest BCUT2D eigenvalue weighted by Crippen LogP contribution is -2.55. The van der Waals surface area contributed by atoms with Gasteiger partial charge in [0.15, 0.2) is 0 Å². The molecule has 0 radical (unpaired) electrons. The third-order valence-electron chi connectivity index (χ3n) is 8.24. The predicted molar refractivity (Wildman–Crippen MR) is 162 cm³/mol. The van der Waals surface area contributed by atoms with Gasteiger partial charge in [0.25, 0.3) is 0 Å².